The van der Waals surface area contributed by atoms with Gasteiger partial charge >= 0.3 is 0 Å². The van der Waals surface area contributed by atoms with E-state index >= 15 is 0 Å². The summed E-state index contributed by atoms with van der Waals surface area (Å²) in [6, 6.07) is 9.59. The average Bonchev–Trinajstić information content (AvgIpc) is 3.11. The smallest absolute Gasteiger partial charge is 0.261 e. The summed E-state index contributed by atoms with van der Waals surface area (Å²) in [5.74, 6) is -0.430. The number of sulfonamides is 1. The van der Waals surface area contributed by atoms with E-state index in [0.29, 0.717) is 22.6 Å². The highest BCUT2D eigenvalue weighted by molar-refractivity contribution is 7.92. The van der Waals surface area contributed by atoms with Gasteiger partial charge < -0.3 is 10.6 Å². The van der Waals surface area contributed by atoms with Crippen LogP contribution in [0.2, 0.25) is 0 Å². The second kappa shape index (κ2) is 6.09. The number of carbonyl (C=O) groups excluding carboxylic acids is 2. The Morgan fingerprint density at radius 2 is 1.78 bits per heavy atom. The molecule has 4 rings (SSSR count). The average molecular weight is 385 g/mol. The highest BCUT2D eigenvalue weighted by atomic mass is 32.2. The van der Waals surface area contributed by atoms with Gasteiger partial charge in [0.05, 0.1) is 17.2 Å². The SMILES string of the molecule is CC(C)C1C(=O)Nc2ccc(NS(=O)(=O)c3ccc4c(c3)CC(=O)N4)cc21. The molecule has 0 radical (unpaired) electrons. The van der Waals surface area contributed by atoms with Crippen LogP contribution in [0.3, 0.4) is 0 Å². The first kappa shape index (κ1) is 17.5. The lowest BCUT2D eigenvalue weighted by Crippen LogP contribution is -2.17. The molecule has 7 nitrogen and oxygen atoms in total. The Morgan fingerprint density at radius 3 is 2.52 bits per heavy atom. The van der Waals surface area contributed by atoms with Crippen LogP contribution in [0.15, 0.2) is 41.3 Å². The van der Waals surface area contributed by atoms with Crippen molar-refractivity contribution < 1.29 is 18.0 Å². The molecule has 2 aromatic carbocycles. The Bertz CT molecular complexity index is 1080. The maximum Gasteiger partial charge on any atom is 0.261 e. The normalized spacial score (nSPS) is 18.1. The van der Waals surface area contributed by atoms with E-state index < -0.39 is 10.0 Å². The fraction of sp³-hybridized carbons (Fsp3) is 0.263. The monoisotopic (exact) mass is 385 g/mol. The van der Waals surface area contributed by atoms with E-state index in [1.165, 1.54) is 12.1 Å². The topological polar surface area (TPSA) is 104 Å². The third-order valence-electron chi connectivity index (χ3n) is 4.86. The highest BCUT2D eigenvalue weighted by Gasteiger charge is 2.33. The van der Waals surface area contributed by atoms with Gasteiger partial charge in [-0.05, 0) is 53.4 Å². The van der Waals surface area contributed by atoms with E-state index in [-0.39, 0.29) is 35.0 Å². The third kappa shape index (κ3) is 3.06. The molecule has 140 valence electrons. The van der Waals surface area contributed by atoms with Gasteiger partial charge in [0.1, 0.15) is 0 Å². The minimum absolute atomic E-state index is 0.0733. The van der Waals surface area contributed by atoms with Crippen LogP contribution in [-0.4, -0.2) is 20.2 Å². The zero-order valence-corrected chi connectivity index (χ0v) is 15.7. The lowest BCUT2D eigenvalue weighted by atomic mass is 9.89. The van der Waals surface area contributed by atoms with E-state index in [4.69, 9.17) is 0 Å². The molecule has 2 aliphatic rings. The van der Waals surface area contributed by atoms with E-state index in [0.717, 1.165) is 5.56 Å². The van der Waals surface area contributed by atoms with Crippen molar-refractivity contribution in [3.8, 4) is 0 Å². The van der Waals surface area contributed by atoms with Crippen molar-refractivity contribution in [1.29, 1.82) is 0 Å². The van der Waals surface area contributed by atoms with Gasteiger partial charge in [0, 0.05) is 17.1 Å². The van der Waals surface area contributed by atoms with Crippen LogP contribution >= 0.6 is 0 Å². The van der Waals surface area contributed by atoms with E-state index in [1.807, 2.05) is 13.8 Å². The number of nitrogens with one attached hydrogen (secondary N) is 3. The number of anilines is 3. The maximum atomic E-state index is 12.8. The van der Waals surface area contributed by atoms with Crippen molar-refractivity contribution in [2.24, 2.45) is 5.92 Å². The standard InChI is InChI=1S/C19H19N3O4S/c1-10(2)18-14-9-12(3-5-16(14)21-19(18)24)22-27(25,26)13-4-6-15-11(7-13)8-17(23)20-15/h3-7,9-10,18,22H,8H2,1-2H3,(H,20,23)(H,21,24). The second-order valence-electron chi connectivity index (χ2n) is 7.16. The second-order valence-corrected chi connectivity index (χ2v) is 8.84. The van der Waals surface area contributed by atoms with Crippen molar-refractivity contribution in [3.63, 3.8) is 0 Å². The molecular formula is C19H19N3O4S. The van der Waals surface area contributed by atoms with Crippen LogP contribution in [0.1, 0.15) is 30.9 Å². The van der Waals surface area contributed by atoms with Crippen molar-refractivity contribution in [2.75, 3.05) is 15.4 Å². The maximum absolute atomic E-state index is 12.8. The van der Waals surface area contributed by atoms with Crippen molar-refractivity contribution >= 4 is 38.9 Å². The van der Waals surface area contributed by atoms with Gasteiger partial charge in [-0.25, -0.2) is 8.42 Å². The number of hydrogen-bond acceptors (Lipinski definition) is 4. The fourth-order valence-electron chi connectivity index (χ4n) is 3.60. The van der Waals surface area contributed by atoms with Crippen LogP contribution in [0.5, 0.6) is 0 Å². The Hall–Kier alpha value is -2.87. The number of rotatable bonds is 4. The number of benzene rings is 2. The summed E-state index contributed by atoms with van der Waals surface area (Å²) in [5, 5.41) is 5.51. The number of carbonyl (C=O) groups is 2. The molecule has 27 heavy (non-hydrogen) atoms. The third-order valence-corrected chi connectivity index (χ3v) is 6.24. The molecule has 0 saturated carbocycles. The lowest BCUT2D eigenvalue weighted by Gasteiger charge is -2.14. The summed E-state index contributed by atoms with van der Waals surface area (Å²) in [6.07, 6.45) is 0.168. The predicted molar refractivity (Wildman–Crippen MR) is 102 cm³/mol. The molecule has 1 atom stereocenters. The number of fused-ring (bicyclic) bond motifs is 2. The zero-order valence-electron chi connectivity index (χ0n) is 14.9. The van der Waals surface area contributed by atoms with E-state index in [1.54, 1.807) is 24.3 Å². The largest absolute Gasteiger partial charge is 0.326 e. The zero-order chi connectivity index (χ0) is 19.3. The predicted octanol–water partition coefficient (Wildman–Crippen LogP) is 2.67. The molecule has 0 bridgehead atoms. The van der Waals surface area contributed by atoms with Gasteiger partial charge in [0.25, 0.3) is 10.0 Å². The van der Waals surface area contributed by atoms with Crippen LogP contribution in [0.25, 0.3) is 0 Å². The molecule has 2 heterocycles. The summed E-state index contributed by atoms with van der Waals surface area (Å²) < 4.78 is 28.1. The molecule has 1 unspecified atom stereocenters. The van der Waals surface area contributed by atoms with E-state index in [9.17, 15) is 18.0 Å². The fourth-order valence-corrected chi connectivity index (χ4v) is 4.70. The quantitative estimate of drug-likeness (QED) is 0.752. The molecule has 0 aliphatic carbocycles. The first-order valence-electron chi connectivity index (χ1n) is 8.65. The first-order chi connectivity index (χ1) is 12.7. The van der Waals surface area contributed by atoms with Gasteiger partial charge in [-0.3, -0.25) is 14.3 Å². The van der Waals surface area contributed by atoms with Gasteiger partial charge in [0.2, 0.25) is 11.8 Å². The van der Waals surface area contributed by atoms with Gasteiger partial charge in [-0.15, -0.1) is 0 Å². The van der Waals surface area contributed by atoms with Gasteiger partial charge in [-0.2, -0.15) is 0 Å². The first-order valence-corrected chi connectivity index (χ1v) is 10.1. The number of hydrogen-bond donors (Lipinski definition) is 3. The molecule has 0 spiro atoms. The molecule has 3 N–H and O–H groups in total. The lowest BCUT2D eigenvalue weighted by molar-refractivity contribution is -0.118. The Balaban J connectivity index is 1.64. The molecule has 0 fully saturated rings. The molecule has 0 aromatic heterocycles. The molecule has 2 aromatic rings. The summed E-state index contributed by atoms with van der Waals surface area (Å²) in [7, 11) is -3.82. The van der Waals surface area contributed by atoms with Crippen molar-refractivity contribution in [3.05, 3.63) is 47.5 Å². The summed E-state index contributed by atoms with van der Waals surface area (Å²) in [4.78, 5) is 23.7. The molecule has 2 amide bonds. The minimum atomic E-state index is -3.82. The number of amides is 2. The Labute approximate surface area is 157 Å². The van der Waals surface area contributed by atoms with Crippen LogP contribution in [-0.2, 0) is 26.0 Å². The van der Waals surface area contributed by atoms with Crippen LogP contribution in [0.4, 0.5) is 17.1 Å². The van der Waals surface area contributed by atoms with Gasteiger partial charge in [0.15, 0.2) is 0 Å². The van der Waals surface area contributed by atoms with Crippen LogP contribution in [0, 0.1) is 5.92 Å². The van der Waals surface area contributed by atoms with Crippen molar-refractivity contribution in [1.82, 2.24) is 0 Å². The van der Waals surface area contributed by atoms with Gasteiger partial charge in [-0.1, -0.05) is 13.8 Å². The highest BCUT2D eigenvalue weighted by Crippen LogP contribution is 2.39. The van der Waals surface area contributed by atoms with E-state index in [2.05, 4.69) is 15.4 Å². The van der Waals surface area contributed by atoms with Crippen molar-refractivity contribution in [2.45, 2.75) is 31.1 Å². The minimum Gasteiger partial charge on any atom is -0.326 e. The summed E-state index contributed by atoms with van der Waals surface area (Å²) >= 11 is 0. The molecule has 8 heteroatoms. The Morgan fingerprint density at radius 1 is 1.04 bits per heavy atom. The molecule has 0 saturated heterocycles. The molecule has 2 aliphatic heterocycles. The molecular weight excluding hydrogens is 366 g/mol. The van der Waals surface area contributed by atoms with Crippen LogP contribution < -0.4 is 15.4 Å². The summed E-state index contributed by atoms with van der Waals surface area (Å²) in [5.41, 5.74) is 3.20. The Kier molecular flexibility index (Phi) is 3.96. The summed E-state index contributed by atoms with van der Waals surface area (Å²) in [6.45, 7) is 3.91.